The van der Waals surface area contributed by atoms with Crippen LogP contribution in [0.1, 0.15) is 11.9 Å². The van der Waals surface area contributed by atoms with Crippen LogP contribution in [0.25, 0.3) is 0 Å². The molecule has 0 spiro atoms. The molecule has 0 amide bonds. The van der Waals surface area contributed by atoms with Crippen molar-refractivity contribution in [2.24, 2.45) is 0 Å². The van der Waals surface area contributed by atoms with E-state index < -0.39 is 0 Å². The number of nitrogens with zero attached hydrogens (tertiary/aromatic N) is 1. The van der Waals surface area contributed by atoms with Gasteiger partial charge in [-0.15, -0.1) is 11.3 Å². The van der Waals surface area contributed by atoms with Gasteiger partial charge in [-0.3, -0.25) is 5.32 Å². The molecule has 1 unspecified atom stereocenters. The maximum atomic E-state index is 5.52. The first-order valence-electron chi connectivity index (χ1n) is 3.60. The Hall–Kier alpha value is -0.450. The van der Waals surface area contributed by atoms with Gasteiger partial charge in [-0.25, -0.2) is 4.98 Å². The molecule has 1 aliphatic rings. The third kappa shape index (κ3) is 1.17. The quantitative estimate of drug-likeness (QED) is 0.681. The topological polar surface area (TPSA) is 34.2 Å². The molecule has 0 aliphatic carbocycles. The highest BCUT2D eigenvalue weighted by atomic mass is 32.1. The van der Waals surface area contributed by atoms with Gasteiger partial charge >= 0.3 is 0 Å². The second kappa shape index (κ2) is 2.55. The van der Waals surface area contributed by atoms with Crippen molar-refractivity contribution in [1.29, 1.82) is 0 Å². The molecular weight excluding hydrogens is 160 g/mol. The van der Waals surface area contributed by atoms with Gasteiger partial charge in [-0.1, -0.05) is 0 Å². The van der Waals surface area contributed by atoms with Crippen LogP contribution in [0.2, 0.25) is 0 Å². The minimum atomic E-state index is -0.325. The van der Waals surface area contributed by atoms with E-state index in [-0.39, 0.29) is 5.72 Å². The molecule has 2 heterocycles. The summed E-state index contributed by atoms with van der Waals surface area (Å²) in [4.78, 5) is 4.20. The van der Waals surface area contributed by atoms with E-state index in [1.54, 1.807) is 17.5 Å². The molecule has 60 valence electrons. The fraction of sp³-hybridized carbons (Fsp3) is 0.571. The molecule has 1 aliphatic heterocycles. The van der Waals surface area contributed by atoms with Crippen LogP contribution in [0.5, 0.6) is 0 Å². The van der Waals surface area contributed by atoms with Crippen LogP contribution in [0.15, 0.2) is 11.6 Å². The Bertz CT molecular complexity index is 229. The van der Waals surface area contributed by atoms with E-state index in [2.05, 4.69) is 10.3 Å². The molecule has 2 rings (SSSR count). The Morgan fingerprint density at radius 3 is 3.27 bits per heavy atom. The fourth-order valence-corrected chi connectivity index (χ4v) is 1.92. The number of nitrogens with one attached hydrogen (secondary N) is 1. The van der Waals surface area contributed by atoms with Crippen molar-refractivity contribution in [3.63, 3.8) is 0 Å². The largest absolute Gasteiger partial charge is 0.353 e. The third-order valence-corrected chi connectivity index (χ3v) is 2.77. The Kier molecular flexibility index (Phi) is 1.67. The van der Waals surface area contributed by atoms with Gasteiger partial charge in [0, 0.05) is 18.1 Å². The molecule has 3 nitrogen and oxygen atoms in total. The molecule has 0 aromatic carbocycles. The molecule has 1 saturated heterocycles. The zero-order valence-corrected chi connectivity index (χ0v) is 7.15. The number of thiazole rings is 1. The van der Waals surface area contributed by atoms with Gasteiger partial charge < -0.3 is 4.74 Å². The van der Waals surface area contributed by atoms with E-state index in [1.165, 1.54) is 0 Å². The van der Waals surface area contributed by atoms with Crippen molar-refractivity contribution in [2.45, 2.75) is 12.6 Å². The highest BCUT2D eigenvalue weighted by molar-refractivity contribution is 7.09. The first-order chi connectivity index (χ1) is 5.31. The van der Waals surface area contributed by atoms with Crippen molar-refractivity contribution in [1.82, 2.24) is 10.3 Å². The van der Waals surface area contributed by atoms with E-state index >= 15 is 0 Å². The lowest BCUT2D eigenvalue weighted by Gasteiger charge is -2.19. The van der Waals surface area contributed by atoms with Gasteiger partial charge in [0.25, 0.3) is 0 Å². The number of hydrogen-bond acceptors (Lipinski definition) is 4. The molecule has 1 N–H and O–H groups in total. The van der Waals surface area contributed by atoms with Gasteiger partial charge in [0.05, 0.1) is 6.61 Å². The third-order valence-electron chi connectivity index (χ3n) is 1.80. The van der Waals surface area contributed by atoms with E-state index in [9.17, 15) is 0 Å². The molecule has 0 radical (unpaired) electrons. The van der Waals surface area contributed by atoms with Gasteiger partial charge in [0.2, 0.25) is 0 Å². The highest BCUT2D eigenvalue weighted by Crippen LogP contribution is 2.26. The molecule has 11 heavy (non-hydrogen) atoms. The number of aromatic nitrogens is 1. The van der Waals surface area contributed by atoms with Gasteiger partial charge in [-0.2, -0.15) is 0 Å². The molecule has 4 heteroatoms. The van der Waals surface area contributed by atoms with Crippen LogP contribution in [0.4, 0.5) is 0 Å². The summed E-state index contributed by atoms with van der Waals surface area (Å²) in [5.41, 5.74) is -0.325. The van der Waals surface area contributed by atoms with E-state index in [0.717, 1.165) is 18.2 Å². The van der Waals surface area contributed by atoms with E-state index in [1.807, 2.05) is 12.3 Å². The maximum Gasteiger partial charge on any atom is 0.169 e. The SMILES string of the molecule is CC1(c2nccs2)NCCO1. The second-order valence-corrected chi connectivity index (χ2v) is 3.54. The predicted molar refractivity (Wildman–Crippen MR) is 43.4 cm³/mol. The first kappa shape index (κ1) is 7.21. The van der Waals surface area contributed by atoms with Crippen molar-refractivity contribution in [2.75, 3.05) is 13.2 Å². The van der Waals surface area contributed by atoms with Crippen LogP contribution in [0, 0.1) is 0 Å². The lowest BCUT2D eigenvalue weighted by atomic mass is 10.3. The highest BCUT2D eigenvalue weighted by Gasteiger charge is 2.33. The van der Waals surface area contributed by atoms with Crippen LogP contribution in [0.3, 0.4) is 0 Å². The first-order valence-corrected chi connectivity index (χ1v) is 4.48. The Morgan fingerprint density at radius 1 is 1.82 bits per heavy atom. The average molecular weight is 170 g/mol. The van der Waals surface area contributed by atoms with Crippen LogP contribution < -0.4 is 5.32 Å². The lowest BCUT2D eigenvalue weighted by Crippen LogP contribution is -2.34. The van der Waals surface area contributed by atoms with Gasteiger partial charge in [0.1, 0.15) is 5.01 Å². The van der Waals surface area contributed by atoms with E-state index in [0.29, 0.717) is 0 Å². The Balaban J connectivity index is 2.27. The van der Waals surface area contributed by atoms with Crippen molar-refractivity contribution in [3.8, 4) is 0 Å². The van der Waals surface area contributed by atoms with Crippen LogP contribution in [-0.4, -0.2) is 18.1 Å². The molecule has 1 aromatic rings. The van der Waals surface area contributed by atoms with Crippen LogP contribution >= 0.6 is 11.3 Å². The molecule has 0 saturated carbocycles. The summed E-state index contributed by atoms with van der Waals surface area (Å²) in [6.45, 7) is 3.70. The monoisotopic (exact) mass is 170 g/mol. The van der Waals surface area contributed by atoms with Crippen LogP contribution in [-0.2, 0) is 10.5 Å². The number of rotatable bonds is 1. The smallest absolute Gasteiger partial charge is 0.169 e. The molecular formula is C7H10N2OS. The average Bonchev–Trinajstić information content (AvgIpc) is 2.55. The summed E-state index contributed by atoms with van der Waals surface area (Å²) in [6, 6.07) is 0. The number of ether oxygens (including phenoxy) is 1. The standard InChI is InChI=1S/C7H10N2OS/c1-7(9-2-4-10-7)6-8-3-5-11-6/h3,5,9H,2,4H2,1H3. The zero-order chi connectivity index (χ0) is 7.73. The minimum Gasteiger partial charge on any atom is -0.353 e. The summed E-state index contributed by atoms with van der Waals surface area (Å²) in [7, 11) is 0. The molecule has 1 aromatic heterocycles. The Morgan fingerprint density at radius 2 is 2.73 bits per heavy atom. The normalized spacial score (nSPS) is 31.0. The minimum absolute atomic E-state index is 0.325. The number of hydrogen-bond donors (Lipinski definition) is 1. The van der Waals surface area contributed by atoms with Gasteiger partial charge in [-0.05, 0) is 6.92 Å². The van der Waals surface area contributed by atoms with E-state index in [4.69, 9.17) is 4.74 Å². The lowest BCUT2D eigenvalue weighted by molar-refractivity contribution is 0.00230. The van der Waals surface area contributed by atoms with Crippen molar-refractivity contribution in [3.05, 3.63) is 16.6 Å². The summed E-state index contributed by atoms with van der Waals surface area (Å²) >= 11 is 1.62. The summed E-state index contributed by atoms with van der Waals surface area (Å²) in [6.07, 6.45) is 1.80. The summed E-state index contributed by atoms with van der Waals surface area (Å²) < 4.78 is 5.52. The second-order valence-electron chi connectivity index (χ2n) is 2.65. The van der Waals surface area contributed by atoms with Crippen molar-refractivity contribution >= 4 is 11.3 Å². The Labute approximate surface area is 69.4 Å². The maximum absolute atomic E-state index is 5.52. The fourth-order valence-electron chi connectivity index (χ4n) is 1.19. The summed E-state index contributed by atoms with van der Waals surface area (Å²) in [5, 5.41) is 6.23. The predicted octanol–water partition coefficient (Wildman–Crippen LogP) is 0.936. The molecule has 0 bridgehead atoms. The zero-order valence-electron chi connectivity index (χ0n) is 6.33. The summed E-state index contributed by atoms with van der Waals surface area (Å²) in [5.74, 6) is 0. The van der Waals surface area contributed by atoms with Crippen molar-refractivity contribution < 1.29 is 4.74 Å². The van der Waals surface area contributed by atoms with Gasteiger partial charge in [0.15, 0.2) is 5.72 Å². The molecule has 1 atom stereocenters. The molecule has 1 fully saturated rings.